The molecule has 1 unspecified atom stereocenters. The Balaban J connectivity index is 1.68. The molecule has 4 rings (SSSR count). The van der Waals surface area contributed by atoms with Crippen LogP contribution in [0.5, 0.6) is 0 Å². The molecule has 1 aromatic carbocycles. The number of fused-ring (bicyclic) bond motifs is 1. The first kappa shape index (κ1) is 17.6. The Morgan fingerprint density at radius 3 is 3.11 bits per heavy atom. The van der Waals surface area contributed by atoms with Crippen molar-refractivity contribution < 1.29 is 9.18 Å². The van der Waals surface area contributed by atoms with Gasteiger partial charge in [0.1, 0.15) is 18.0 Å². The Morgan fingerprint density at radius 1 is 1.37 bits per heavy atom. The van der Waals surface area contributed by atoms with Crippen LogP contribution in [0.25, 0.3) is 11.0 Å². The highest BCUT2D eigenvalue weighted by molar-refractivity contribution is 5.95. The molecule has 140 valence electrons. The summed E-state index contributed by atoms with van der Waals surface area (Å²) in [5, 5.41) is 0. The number of likely N-dealkylation sites (tertiary alicyclic amines) is 1. The van der Waals surface area contributed by atoms with Crippen LogP contribution in [0.15, 0.2) is 30.7 Å². The number of carbonyl (C=O) groups excluding carboxylic acids is 1. The fraction of sp³-hybridized carbons (Fsp3) is 0.400. The third-order valence-electron chi connectivity index (χ3n) is 5.05. The van der Waals surface area contributed by atoms with Crippen molar-refractivity contribution in [2.45, 2.75) is 45.1 Å². The second-order valence-corrected chi connectivity index (χ2v) is 6.93. The van der Waals surface area contributed by atoms with Gasteiger partial charge in [0.05, 0.1) is 28.3 Å². The van der Waals surface area contributed by atoms with E-state index in [9.17, 15) is 9.18 Å². The largest absolute Gasteiger partial charge is 0.340 e. The number of imidazole rings is 1. The predicted octanol–water partition coefficient (Wildman–Crippen LogP) is 3.81. The van der Waals surface area contributed by atoms with Gasteiger partial charge in [-0.3, -0.25) is 4.79 Å². The van der Waals surface area contributed by atoms with Crippen molar-refractivity contribution >= 4 is 16.9 Å². The van der Waals surface area contributed by atoms with Crippen molar-refractivity contribution in [1.29, 1.82) is 0 Å². The molecule has 0 bridgehead atoms. The van der Waals surface area contributed by atoms with Crippen molar-refractivity contribution in [3.63, 3.8) is 0 Å². The number of H-pyrrole nitrogens is 1. The van der Waals surface area contributed by atoms with E-state index in [1.165, 1.54) is 18.5 Å². The van der Waals surface area contributed by atoms with Gasteiger partial charge in [-0.15, -0.1) is 0 Å². The molecule has 2 aromatic heterocycles. The number of rotatable bonds is 4. The molecule has 0 spiro atoms. The summed E-state index contributed by atoms with van der Waals surface area (Å²) in [5.41, 5.74) is 2.71. The smallest absolute Gasteiger partial charge is 0.257 e. The van der Waals surface area contributed by atoms with Crippen LogP contribution in [0.2, 0.25) is 0 Å². The number of aromatic nitrogens is 4. The third kappa shape index (κ3) is 3.41. The van der Waals surface area contributed by atoms with Gasteiger partial charge in [-0.1, -0.05) is 13.3 Å². The van der Waals surface area contributed by atoms with Crippen molar-refractivity contribution in [3.8, 4) is 0 Å². The summed E-state index contributed by atoms with van der Waals surface area (Å²) >= 11 is 0. The van der Waals surface area contributed by atoms with E-state index in [4.69, 9.17) is 0 Å². The van der Waals surface area contributed by atoms with Gasteiger partial charge in [0.15, 0.2) is 0 Å². The lowest BCUT2D eigenvalue weighted by atomic mass is 9.99. The van der Waals surface area contributed by atoms with E-state index in [2.05, 4.69) is 26.9 Å². The quantitative estimate of drug-likeness (QED) is 0.761. The zero-order chi connectivity index (χ0) is 18.8. The normalized spacial score (nSPS) is 17.4. The second kappa shape index (κ2) is 7.42. The van der Waals surface area contributed by atoms with Crippen LogP contribution in [-0.4, -0.2) is 37.3 Å². The fourth-order valence-electron chi connectivity index (χ4n) is 3.74. The molecular formula is C20H22FN5O. The average Bonchev–Trinajstić information content (AvgIpc) is 3.11. The predicted molar refractivity (Wildman–Crippen MR) is 99.7 cm³/mol. The first-order chi connectivity index (χ1) is 13.2. The average molecular weight is 367 g/mol. The number of hydrogen-bond acceptors (Lipinski definition) is 4. The molecule has 1 aliphatic heterocycles. The monoisotopic (exact) mass is 367 g/mol. The SMILES string of the molecule is CCCc1ncncc1C(=O)N1CCCCC1c1nc2ccc(F)cc2[nH]1. The molecule has 6 nitrogen and oxygen atoms in total. The van der Waals surface area contributed by atoms with Gasteiger partial charge in [0.2, 0.25) is 0 Å². The number of halogens is 1. The molecule has 0 radical (unpaired) electrons. The molecule has 0 saturated carbocycles. The summed E-state index contributed by atoms with van der Waals surface area (Å²) in [6.07, 6.45) is 7.55. The Hall–Kier alpha value is -2.83. The Bertz CT molecular complexity index is 970. The minimum absolute atomic E-state index is 0.0598. The van der Waals surface area contributed by atoms with Crippen molar-refractivity contribution in [1.82, 2.24) is 24.8 Å². The van der Waals surface area contributed by atoms with Crippen LogP contribution in [-0.2, 0) is 6.42 Å². The number of amides is 1. The number of aryl methyl sites for hydroxylation is 1. The maximum atomic E-state index is 13.5. The lowest BCUT2D eigenvalue weighted by molar-refractivity contribution is 0.0599. The minimum atomic E-state index is -0.306. The summed E-state index contributed by atoms with van der Waals surface area (Å²) < 4.78 is 13.5. The Morgan fingerprint density at radius 2 is 2.26 bits per heavy atom. The van der Waals surface area contributed by atoms with Crippen LogP contribution < -0.4 is 0 Å². The molecule has 0 aliphatic carbocycles. The van der Waals surface area contributed by atoms with Crippen LogP contribution in [0.4, 0.5) is 4.39 Å². The summed E-state index contributed by atoms with van der Waals surface area (Å²) in [5.74, 6) is 0.341. The molecule has 1 fully saturated rings. The topological polar surface area (TPSA) is 74.8 Å². The van der Waals surface area contributed by atoms with Crippen LogP contribution in [0.3, 0.4) is 0 Å². The summed E-state index contributed by atoms with van der Waals surface area (Å²) in [6.45, 7) is 2.73. The zero-order valence-corrected chi connectivity index (χ0v) is 15.3. The van der Waals surface area contributed by atoms with Crippen LogP contribution in [0.1, 0.15) is 60.5 Å². The lowest BCUT2D eigenvalue weighted by Gasteiger charge is -2.34. The number of benzene rings is 1. The van der Waals surface area contributed by atoms with Crippen molar-refractivity contribution in [2.24, 2.45) is 0 Å². The second-order valence-electron chi connectivity index (χ2n) is 6.93. The molecule has 27 heavy (non-hydrogen) atoms. The van der Waals surface area contributed by atoms with Gasteiger partial charge in [0, 0.05) is 12.7 Å². The third-order valence-corrected chi connectivity index (χ3v) is 5.05. The number of aromatic amines is 1. The molecule has 1 saturated heterocycles. The van der Waals surface area contributed by atoms with Gasteiger partial charge in [0.25, 0.3) is 5.91 Å². The highest BCUT2D eigenvalue weighted by atomic mass is 19.1. The van der Waals surface area contributed by atoms with Crippen molar-refractivity contribution in [2.75, 3.05) is 6.54 Å². The van der Waals surface area contributed by atoms with Gasteiger partial charge >= 0.3 is 0 Å². The van der Waals surface area contributed by atoms with E-state index in [1.807, 2.05) is 4.90 Å². The molecule has 3 aromatic rings. The summed E-state index contributed by atoms with van der Waals surface area (Å²) in [6, 6.07) is 4.33. The summed E-state index contributed by atoms with van der Waals surface area (Å²) in [4.78, 5) is 31.3. The van der Waals surface area contributed by atoms with E-state index in [-0.39, 0.29) is 17.8 Å². The highest BCUT2D eigenvalue weighted by Crippen LogP contribution is 2.32. The molecular weight excluding hydrogens is 345 g/mol. The molecule has 1 atom stereocenters. The number of piperidine rings is 1. The minimum Gasteiger partial charge on any atom is -0.340 e. The lowest BCUT2D eigenvalue weighted by Crippen LogP contribution is -2.39. The number of hydrogen-bond donors (Lipinski definition) is 1. The van der Waals surface area contributed by atoms with Crippen LogP contribution >= 0.6 is 0 Å². The molecule has 1 aliphatic rings. The standard InChI is InChI=1S/C20H22FN5O/c1-2-5-15-14(11-22-12-23-15)20(27)26-9-4-3-6-18(26)19-24-16-8-7-13(21)10-17(16)25-19/h7-8,10-12,18H,2-6,9H2,1H3,(H,24,25). The maximum absolute atomic E-state index is 13.5. The zero-order valence-electron chi connectivity index (χ0n) is 15.3. The van der Waals surface area contributed by atoms with E-state index in [0.717, 1.165) is 37.8 Å². The van der Waals surface area contributed by atoms with Gasteiger partial charge in [-0.05, 0) is 43.9 Å². The van der Waals surface area contributed by atoms with E-state index in [1.54, 1.807) is 12.3 Å². The Labute approximate surface area is 156 Å². The first-order valence-electron chi connectivity index (χ1n) is 9.42. The highest BCUT2D eigenvalue weighted by Gasteiger charge is 2.32. The molecule has 3 heterocycles. The van der Waals surface area contributed by atoms with Gasteiger partial charge in [-0.25, -0.2) is 19.3 Å². The van der Waals surface area contributed by atoms with E-state index in [0.29, 0.717) is 29.0 Å². The maximum Gasteiger partial charge on any atom is 0.257 e. The molecule has 1 N–H and O–H groups in total. The number of nitrogens with one attached hydrogen (secondary N) is 1. The van der Waals surface area contributed by atoms with Gasteiger partial charge in [-0.2, -0.15) is 0 Å². The van der Waals surface area contributed by atoms with E-state index >= 15 is 0 Å². The Kier molecular flexibility index (Phi) is 4.83. The number of nitrogens with zero attached hydrogens (tertiary/aromatic N) is 4. The van der Waals surface area contributed by atoms with Crippen LogP contribution in [0, 0.1) is 5.82 Å². The first-order valence-corrected chi connectivity index (χ1v) is 9.42. The molecule has 7 heteroatoms. The van der Waals surface area contributed by atoms with Gasteiger partial charge < -0.3 is 9.88 Å². The van der Waals surface area contributed by atoms with E-state index < -0.39 is 0 Å². The number of carbonyl (C=O) groups is 1. The van der Waals surface area contributed by atoms with Crippen molar-refractivity contribution in [3.05, 3.63) is 53.6 Å². The fourth-order valence-corrected chi connectivity index (χ4v) is 3.74. The molecule has 1 amide bonds. The summed E-state index contributed by atoms with van der Waals surface area (Å²) in [7, 11) is 0.